The van der Waals surface area contributed by atoms with E-state index in [0.29, 0.717) is 13.0 Å². The highest BCUT2D eigenvalue weighted by Gasteiger charge is 2.04. The van der Waals surface area contributed by atoms with Crippen molar-refractivity contribution in [3.63, 3.8) is 0 Å². The Morgan fingerprint density at radius 1 is 1.00 bits per heavy atom. The molecule has 0 saturated carbocycles. The molecule has 0 amide bonds. The Morgan fingerprint density at radius 2 is 1.67 bits per heavy atom. The molecule has 1 N–H and O–H groups in total. The molecule has 0 heterocycles. The lowest BCUT2D eigenvalue weighted by molar-refractivity contribution is -0.116. The van der Waals surface area contributed by atoms with Crippen molar-refractivity contribution in [2.24, 2.45) is 0 Å². The van der Waals surface area contributed by atoms with E-state index in [4.69, 9.17) is 0 Å². The van der Waals surface area contributed by atoms with E-state index in [1.54, 1.807) is 0 Å². The number of rotatable bonds is 5. The van der Waals surface area contributed by atoms with Gasteiger partial charge in [0, 0.05) is 12.1 Å². The largest absolute Gasteiger partial charge is 0.378 e. The maximum absolute atomic E-state index is 11.8. The maximum Gasteiger partial charge on any atom is 0.156 e. The number of anilines is 1. The molecule has 0 unspecified atom stereocenters. The second-order valence-corrected chi connectivity index (χ2v) is 4.37. The summed E-state index contributed by atoms with van der Waals surface area (Å²) >= 11 is 0. The number of hydrogen-bond donors (Lipinski definition) is 1. The van der Waals surface area contributed by atoms with Gasteiger partial charge >= 0.3 is 0 Å². The van der Waals surface area contributed by atoms with Crippen molar-refractivity contribution < 1.29 is 4.79 Å². The van der Waals surface area contributed by atoms with E-state index in [1.807, 2.05) is 61.5 Å². The Kier molecular flexibility index (Phi) is 4.13. The van der Waals surface area contributed by atoms with Gasteiger partial charge in [0.1, 0.15) is 0 Å². The molecule has 0 radical (unpaired) electrons. The standard InChI is InChI=1S/C16H17NO/c1-13-7-5-6-10-16(13)17-12-15(18)11-14-8-3-2-4-9-14/h2-10,17H,11-12H2,1H3. The SMILES string of the molecule is Cc1ccccc1NCC(=O)Cc1ccccc1. The van der Waals surface area contributed by atoms with E-state index in [1.165, 1.54) is 0 Å². The van der Waals surface area contributed by atoms with Gasteiger partial charge in [0.2, 0.25) is 0 Å². The van der Waals surface area contributed by atoms with Crippen molar-refractivity contribution in [1.82, 2.24) is 0 Å². The second-order valence-electron chi connectivity index (χ2n) is 4.37. The Labute approximate surface area is 108 Å². The van der Waals surface area contributed by atoms with Crippen LogP contribution in [0.15, 0.2) is 54.6 Å². The fourth-order valence-electron chi connectivity index (χ4n) is 1.85. The Bertz CT molecular complexity index is 520. The van der Waals surface area contributed by atoms with Gasteiger partial charge in [0.05, 0.1) is 6.54 Å². The van der Waals surface area contributed by atoms with Crippen LogP contribution in [-0.4, -0.2) is 12.3 Å². The molecule has 92 valence electrons. The molecule has 2 nitrogen and oxygen atoms in total. The van der Waals surface area contributed by atoms with E-state index in [0.717, 1.165) is 16.8 Å². The Morgan fingerprint density at radius 3 is 2.39 bits per heavy atom. The monoisotopic (exact) mass is 239 g/mol. The Balaban J connectivity index is 1.88. The van der Waals surface area contributed by atoms with Crippen molar-refractivity contribution in [3.05, 3.63) is 65.7 Å². The van der Waals surface area contributed by atoms with Crippen LogP contribution in [0.2, 0.25) is 0 Å². The minimum Gasteiger partial charge on any atom is -0.378 e. The molecule has 2 rings (SSSR count). The molecule has 0 atom stereocenters. The molecule has 0 bridgehead atoms. The number of Topliss-reactive ketones (excluding diaryl/α,β-unsaturated/α-hetero) is 1. The van der Waals surface area contributed by atoms with E-state index in [9.17, 15) is 4.79 Å². The van der Waals surface area contributed by atoms with Crippen LogP contribution in [0.4, 0.5) is 5.69 Å². The molecule has 0 fully saturated rings. The van der Waals surface area contributed by atoms with E-state index in [-0.39, 0.29) is 5.78 Å². The van der Waals surface area contributed by atoms with Crippen LogP contribution in [0.3, 0.4) is 0 Å². The topological polar surface area (TPSA) is 29.1 Å². The van der Waals surface area contributed by atoms with Crippen molar-refractivity contribution in [1.29, 1.82) is 0 Å². The van der Waals surface area contributed by atoms with Crippen molar-refractivity contribution in [3.8, 4) is 0 Å². The lowest BCUT2D eigenvalue weighted by atomic mass is 10.1. The highest BCUT2D eigenvalue weighted by atomic mass is 16.1. The minimum atomic E-state index is 0.199. The van der Waals surface area contributed by atoms with Gasteiger partial charge in [-0.15, -0.1) is 0 Å². The molecule has 18 heavy (non-hydrogen) atoms. The third kappa shape index (κ3) is 3.45. The van der Waals surface area contributed by atoms with Crippen LogP contribution in [0.1, 0.15) is 11.1 Å². The van der Waals surface area contributed by atoms with Crippen molar-refractivity contribution in [2.75, 3.05) is 11.9 Å². The van der Waals surface area contributed by atoms with Crippen molar-refractivity contribution >= 4 is 11.5 Å². The molecule has 0 spiro atoms. The third-order valence-electron chi connectivity index (χ3n) is 2.87. The van der Waals surface area contributed by atoms with E-state index < -0.39 is 0 Å². The maximum atomic E-state index is 11.8. The number of hydrogen-bond acceptors (Lipinski definition) is 2. The number of para-hydroxylation sites is 1. The molecule has 2 heteroatoms. The molecule has 2 aromatic rings. The first-order chi connectivity index (χ1) is 8.75. The van der Waals surface area contributed by atoms with Gasteiger partial charge in [-0.05, 0) is 24.1 Å². The molecular weight excluding hydrogens is 222 g/mol. The summed E-state index contributed by atoms with van der Waals surface area (Å²) in [6.45, 7) is 2.41. The second kappa shape index (κ2) is 6.01. The number of nitrogens with one attached hydrogen (secondary N) is 1. The molecule has 0 aliphatic rings. The van der Waals surface area contributed by atoms with Crippen LogP contribution in [0, 0.1) is 6.92 Å². The molecule has 0 saturated heterocycles. The summed E-state index contributed by atoms with van der Waals surface area (Å²) < 4.78 is 0. The molecule has 0 aromatic heterocycles. The first-order valence-electron chi connectivity index (χ1n) is 6.11. The van der Waals surface area contributed by atoms with Crippen LogP contribution < -0.4 is 5.32 Å². The molecule has 0 aliphatic carbocycles. The summed E-state index contributed by atoms with van der Waals surface area (Å²) in [5.74, 6) is 0.199. The summed E-state index contributed by atoms with van der Waals surface area (Å²) in [4.78, 5) is 11.8. The Hall–Kier alpha value is -2.09. The van der Waals surface area contributed by atoms with Crippen LogP contribution >= 0.6 is 0 Å². The quantitative estimate of drug-likeness (QED) is 0.868. The summed E-state index contributed by atoms with van der Waals surface area (Å²) in [5, 5.41) is 3.18. The van der Waals surface area contributed by atoms with Gasteiger partial charge in [-0.25, -0.2) is 0 Å². The number of carbonyl (C=O) groups excluding carboxylic acids is 1. The van der Waals surface area contributed by atoms with E-state index in [2.05, 4.69) is 5.32 Å². The van der Waals surface area contributed by atoms with Crippen LogP contribution in [-0.2, 0) is 11.2 Å². The normalized spacial score (nSPS) is 10.1. The molecular formula is C16H17NO. The highest BCUT2D eigenvalue weighted by Crippen LogP contribution is 2.12. The molecule has 2 aromatic carbocycles. The highest BCUT2D eigenvalue weighted by molar-refractivity contribution is 5.85. The summed E-state index contributed by atoms with van der Waals surface area (Å²) in [6.07, 6.45) is 0.486. The summed E-state index contributed by atoms with van der Waals surface area (Å²) in [6, 6.07) is 17.8. The third-order valence-corrected chi connectivity index (χ3v) is 2.87. The first-order valence-corrected chi connectivity index (χ1v) is 6.11. The smallest absolute Gasteiger partial charge is 0.156 e. The fourth-order valence-corrected chi connectivity index (χ4v) is 1.85. The minimum absolute atomic E-state index is 0.199. The van der Waals surface area contributed by atoms with Gasteiger partial charge in [-0.3, -0.25) is 4.79 Å². The fraction of sp³-hybridized carbons (Fsp3) is 0.188. The van der Waals surface area contributed by atoms with Crippen molar-refractivity contribution in [2.45, 2.75) is 13.3 Å². The lowest BCUT2D eigenvalue weighted by Crippen LogP contribution is -2.16. The number of benzene rings is 2. The molecule has 0 aliphatic heterocycles. The van der Waals surface area contributed by atoms with Gasteiger partial charge in [0.15, 0.2) is 5.78 Å². The predicted octanol–water partition coefficient (Wildman–Crippen LogP) is 3.22. The predicted molar refractivity (Wildman–Crippen MR) is 74.8 cm³/mol. The summed E-state index contributed by atoms with van der Waals surface area (Å²) in [5.41, 5.74) is 3.25. The van der Waals surface area contributed by atoms with Gasteiger partial charge in [-0.2, -0.15) is 0 Å². The number of ketones is 1. The average molecular weight is 239 g/mol. The zero-order valence-corrected chi connectivity index (χ0v) is 10.5. The average Bonchev–Trinajstić information content (AvgIpc) is 2.39. The van der Waals surface area contributed by atoms with Crippen LogP contribution in [0.25, 0.3) is 0 Å². The van der Waals surface area contributed by atoms with Gasteiger partial charge in [-0.1, -0.05) is 48.5 Å². The first kappa shape index (κ1) is 12.4. The van der Waals surface area contributed by atoms with Crippen LogP contribution in [0.5, 0.6) is 0 Å². The van der Waals surface area contributed by atoms with Gasteiger partial charge < -0.3 is 5.32 Å². The zero-order valence-electron chi connectivity index (χ0n) is 10.5. The lowest BCUT2D eigenvalue weighted by Gasteiger charge is -2.08. The summed E-state index contributed by atoms with van der Waals surface area (Å²) in [7, 11) is 0. The zero-order chi connectivity index (χ0) is 12.8. The van der Waals surface area contributed by atoms with E-state index >= 15 is 0 Å². The number of aryl methyl sites for hydroxylation is 1. The number of carbonyl (C=O) groups is 1. The van der Waals surface area contributed by atoms with Gasteiger partial charge in [0.25, 0.3) is 0 Å².